The molecule has 0 radical (unpaired) electrons. The van der Waals surface area contributed by atoms with E-state index < -0.39 is 0 Å². The highest BCUT2D eigenvalue weighted by Gasteiger charge is 2.18. The summed E-state index contributed by atoms with van der Waals surface area (Å²) >= 11 is 0. The van der Waals surface area contributed by atoms with E-state index in [4.69, 9.17) is 4.74 Å². The molecule has 2 N–H and O–H groups in total. The maximum absolute atomic E-state index is 5.31. The van der Waals surface area contributed by atoms with Gasteiger partial charge in [0.2, 0.25) is 0 Å². The van der Waals surface area contributed by atoms with Crippen molar-refractivity contribution in [3.8, 4) is 5.75 Å². The van der Waals surface area contributed by atoms with Crippen LogP contribution in [-0.2, 0) is 0 Å². The van der Waals surface area contributed by atoms with E-state index in [0.717, 1.165) is 23.6 Å². The third-order valence-electron chi connectivity index (χ3n) is 4.67. The molecule has 1 unspecified atom stereocenters. The Bertz CT molecular complexity index is 977. The minimum Gasteiger partial charge on any atom is -0.497 e. The van der Waals surface area contributed by atoms with Gasteiger partial charge in [-0.05, 0) is 41.5 Å². The number of rotatable bonds is 6. The van der Waals surface area contributed by atoms with Gasteiger partial charge in [0.25, 0.3) is 0 Å². The van der Waals surface area contributed by atoms with Gasteiger partial charge in [0.15, 0.2) is 0 Å². The van der Waals surface area contributed by atoms with Crippen molar-refractivity contribution in [2.24, 2.45) is 0 Å². The number of aromatic nitrogens is 2. The average Bonchev–Trinajstić information content (AvgIpc) is 3.13. The molecule has 0 fully saturated rings. The molecule has 26 heavy (non-hydrogen) atoms. The molecule has 0 saturated carbocycles. The largest absolute Gasteiger partial charge is 0.497 e. The van der Waals surface area contributed by atoms with E-state index >= 15 is 0 Å². The van der Waals surface area contributed by atoms with Crippen LogP contribution in [0, 0.1) is 0 Å². The predicted molar refractivity (Wildman–Crippen MR) is 106 cm³/mol. The zero-order valence-electron chi connectivity index (χ0n) is 14.6. The second-order valence-electron chi connectivity index (χ2n) is 6.21. The van der Waals surface area contributed by atoms with Gasteiger partial charge in [-0.25, -0.2) is 4.98 Å². The zero-order valence-corrected chi connectivity index (χ0v) is 14.6. The number of benzene rings is 2. The number of anilines is 1. The van der Waals surface area contributed by atoms with Gasteiger partial charge in [-0.15, -0.1) is 0 Å². The molecule has 2 aromatic carbocycles. The molecule has 0 amide bonds. The Balaban J connectivity index is 1.70. The Morgan fingerprint density at radius 2 is 1.81 bits per heavy atom. The molecule has 4 aromatic rings. The van der Waals surface area contributed by atoms with Gasteiger partial charge in [-0.2, -0.15) is 0 Å². The quantitative estimate of drug-likeness (QED) is 0.528. The first-order valence-electron chi connectivity index (χ1n) is 8.70. The monoisotopic (exact) mass is 343 g/mol. The van der Waals surface area contributed by atoms with Crippen LogP contribution < -0.4 is 10.1 Å². The van der Waals surface area contributed by atoms with Crippen molar-refractivity contribution >= 4 is 16.7 Å². The van der Waals surface area contributed by atoms with Crippen molar-refractivity contribution in [2.45, 2.75) is 5.92 Å². The first-order valence-corrected chi connectivity index (χ1v) is 8.70. The number of fused-ring (bicyclic) bond motifs is 1. The van der Waals surface area contributed by atoms with Crippen molar-refractivity contribution < 1.29 is 4.74 Å². The van der Waals surface area contributed by atoms with Crippen LogP contribution in [0.2, 0.25) is 0 Å². The summed E-state index contributed by atoms with van der Waals surface area (Å²) in [6, 6.07) is 22.6. The molecular weight excluding hydrogens is 322 g/mol. The highest BCUT2D eigenvalue weighted by atomic mass is 16.5. The topological polar surface area (TPSA) is 49.9 Å². The molecule has 0 aliphatic rings. The summed E-state index contributed by atoms with van der Waals surface area (Å²) in [5.41, 5.74) is 3.66. The maximum atomic E-state index is 5.31. The van der Waals surface area contributed by atoms with Gasteiger partial charge in [0.1, 0.15) is 11.6 Å². The van der Waals surface area contributed by atoms with Crippen molar-refractivity contribution in [1.82, 2.24) is 9.97 Å². The second kappa shape index (κ2) is 7.31. The predicted octanol–water partition coefficient (Wildman–Crippen LogP) is 4.82. The SMILES string of the molecule is COc1ccc(C(CNc2ccccn2)c2c[nH]c3ccccc23)cc1. The van der Waals surface area contributed by atoms with Crippen LogP contribution in [0.15, 0.2) is 79.1 Å². The lowest BCUT2D eigenvalue weighted by Crippen LogP contribution is -2.14. The number of ether oxygens (including phenoxy) is 1. The van der Waals surface area contributed by atoms with Gasteiger partial charge < -0.3 is 15.0 Å². The highest BCUT2D eigenvalue weighted by molar-refractivity contribution is 5.84. The number of para-hydroxylation sites is 1. The van der Waals surface area contributed by atoms with Crippen LogP contribution in [-0.4, -0.2) is 23.6 Å². The minimum absolute atomic E-state index is 0.194. The Labute approximate surface area is 152 Å². The summed E-state index contributed by atoms with van der Waals surface area (Å²) in [6.07, 6.45) is 3.91. The molecule has 2 aromatic heterocycles. The molecule has 4 rings (SSSR count). The molecule has 4 nitrogen and oxygen atoms in total. The number of methoxy groups -OCH3 is 1. The van der Waals surface area contributed by atoms with Crippen LogP contribution in [0.1, 0.15) is 17.0 Å². The van der Waals surface area contributed by atoms with E-state index in [1.54, 1.807) is 13.3 Å². The van der Waals surface area contributed by atoms with E-state index in [9.17, 15) is 0 Å². The Morgan fingerprint density at radius 1 is 1.00 bits per heavy atom. The van der Waals surface area contributed by atoms with E-state index in [0.29, 0.717) is 0 Å². The van der Waals surface area contributed by atoms with Gasteiger partial charge in [0.05, 0.1) is 7.11 Å². The van der Waals surface area contributed by atoms with Crippen LogP contribution in [0.4, 0.5) is 5.82 Å². The lowest BCUT2D eigenvalue weighted by atomic mass is 9.91. The van der Waals surface area contributed by atoms with Crippen LogP contribution in [0.25, 0.3) is 10.9 Å². The van der Waals surface area contributed by atoms with E-state index in [-0.39, 0.29) is 5.92 Å². The zero-order chi connectivity index (χ0) is 17.8. The van der Waals surface area contributed by atoms with Gasteiger partial charge >= 0.3 is 0 Å². The van der Waals surface area contributed by atoms with Crippen LogP contribution >= 0.6 is 0 Å². The molecule has 2 heterocycles. The molecule has 0 bridgehead atoms. The summed E-state index contributed by atoms with van der Waals surface area (Å²) in [5, 5.41) is 4.71. The fourth-order valence-electron chi connectivity index (χ4n) is 3.30. The Morgan fingerprint density at radius 3 is 2.58 bits per heavy atom. The molecule has 0 aliphatic carbocycles. The molecule has 0 spiro atoms. The molecular formula is C22H21N3O. The number of hydrogen-bond acceptors (Lipinski definition) is 3. The first-order chi connectivity index (χ1) is 12.8. The number of H-pyrrole nitrogens is 1. The Kier molecular flexibility index (Phi) is 4.56. The van der Waals surface area contributed by atoms with Crippen molar-refractivity contribution in [3.05, 3.63) is 90.3 Å². The molecule has 4 heteroatoms. The molecule has 1 atom stereocenters. The van der Waals surface area contributed by atoms with E-state index in [1.165, 1.54) is 16.5 Å². The normalized spacial score (nSPS) is 12.0. The summed E-state index contributed by atoms with van der Waals surface area (Å²) < 4.78 is 5.31. The fourth-order valence-corrected chi connectivity index (χ4v) is 3.30. The summed E-state index contributed by atoms with van der Waals surface area (Å²) in [6.45, 7) is 0.755. The number of nitrogens with zero attached hydrogens (tertiary/aromatic N) is 1. The van der Waals surface area contributed by atoms with Crippen LogP contribution in [0.3, 0.4) is 0 Å². The third-order valence-corrected chi connectivity index (χ3v) is 4.67. The summed E-state index contributed by atoms with van der Waals surface area (Å²) in [7, 11) is 1.69. The second-order valence-corrected chi connectivity index (χ2v) is 6.21. The van der Waals surface area contributed by atoms with E-state index in [2.05, 4.69) is 57.9 Å². The highest BCUT2D eigenvalue weighted by Crippen LogP contribution is 2.32. The number of hydrogen-bond donors (Lipinski definition) is 2. The van der Waals surface area contributed by atoms with Gasteiger partial charge in [-0.1, -0.05) is 36.4 Å². The maximum Gasteiger partial charge on any atom is 0.125 e. The minimum atomic E-state index is 0.194. The van der Waals surface area contributed by atoms with Crippen molar-refractivity contribution in [3.63, 3.8) is 0 Å². The van der Waals surface area contributed by atoms with Gasteiger partial charge in [0, 0.05) is 35.8 Å². The van der Waals surface area contributed by atoms with Crippen molar-refractivity contribution in [2.75, 3.05) is 19.0 Å². The molecule has 0 aliphatic heterocycles. The third kappa shape index (κ3) is 3.26. The number of aromatic amines is 1. The van der Waals surface area contributed by atoms with E-state index in [1.807, 2.05) is 30.3 Å². The number of pyridine rings is 1. The molecule has 130 valence electrons. The standard InChI is InChI=1S/C22H21N3O/c1-26-17-11-9-16(10-12-17)19(14-25-22-8-4-5-13-23-22)20-15-24-21-7-3-2-6-18(20)21/h2-13,15,19,24H,14H2,1H3,(H,23,25). The summed E-state index contributed by atoms with van der Waals surface area (Å²) in [5.74, 6) is 1.94. The molecule has 0 saturated heterocycles. The average molecular weight is 343 g/mol. The first kappa shape index (κ1) is 16.2. The lowest BCUT2D eigenvalue weighted by molar-refractivity contribution is 0.414. The number of nitrogens with one attached hydrogen (secondary N) is 2. The Hall–Kier alpha value is -3.27. The smallest absolute Gasteiger partial charge is 0.125 e. The summed E-state index contributed by atoms with van der Waals surface area (Å²) in [4.78, 5) is 7.77. The fraction of sp³-hybridized carbons (Fsp3) is 0.136. The van der Waals surface area contributed by atoms with Gasteiger partial charge in [-0.3, -0.25) is 0 Å². The van der Waals surface area contributed by atoms with Crippen LogP contribution in [0.5, 0.6) is 5.75 Å². The lowest BCUT2D eigenvalue weighted by Gasteiger charge is -2.19. The van der Waals surface area contributed by atoms with Crippen molar-refractivity contribution in [1.29, 1.82) is 0 Å².